The second-order valence-electron chi connectivity index (χ2n) is 8.31. The molecule has 0 bridgehead atoms. The zero-order valence-electron chi connectivity index (χ0n) is 16.6. The van der Waals surface area contributed by atoms with Crippen molar-refractivity contribution in [3.63, 3.8) is 0 Å². The first-order valence-electron chi connectivity index (χ1n) is 10.3. The van der Waals surface area contributed by atoms with Crippen molar-refractivity contribution in [3.8, 4) is 0 Å². The number of anilines is 1. The number of benzene rings is 1. The summed E-state index contributed by atoms with van der Waals surface area (Å²) < 4.78 is 13.6. The zero-order valence-corrected chi connectivity index (χ0v) is 16.6. The van der Waals surface area contributed by atoms with E-state index in [0.717, 1.165) is 37.8 Å². The molecule has 0 spiro atoms. The Kier molecular flexibility index (Phi) is 7.07. The Labute approximate surface area is 162 Å². The summed E-state index contributed by atoms with van der Waals surface area (Å²) in [7, 11) is 0. The topological polar surface area (TPSA) is 65.7 Å². The van der Waals surface area contributed by atoms with Gasteiger partial charge in [0.15, 0.2) is 5.96 Å². The van der Waals surface area contributed by atoms with Crippen LogP contribution in [0.4, 0.5) is 10.1 Å². The number of nitrogens with one attached hydrogen (secondary N) is 2. The van der Waals surface area contributed by atoms with Crippen molar-refractivity contribution < 1.29 is 4.39 Å². The first-order chi connectivity index (χ1) is 13.0. The fourth-order valence-electron chi connectivity index (χ4n) is 4.41. The van der Waals surface area contributed by atoms with Crippen molar-refractivity contribution >= 4 is 11.6 Å². The minimum atomic E-state index is -0.237. The highest BCUT2D eigenvalue weighted by Gasteiger charge is 2.25. The summed E-state index contributed by atoms with van der Waals surface area (Å²) in [5, 5.41) is 6.94. The van der Waals surface area contributed by atoms with E-state index in [1.165, 1.54) is 37.8 Å². The number of piperazine rings is 1. The molecule has 4 N–H and O–H groups in total. The molecule has 0 aromatic heterocycles. The summed E-state index contributed by atoms with van der Waals surface area (Å²) in [5.41, 5.74) is 6.63. The maximum absolute atomic E-state index is 13.6. The number of guanidine groups is 1. The molecule has 0 amide bonds. The summed E-state index contributed by atoms with van der Waals surface area (Å²) in [6, 6.07) is 7.39. The van der Waals surface area contributed by atoms with E-state index in [-0.39, 0.29) is 5.82 Å². The zero-order chi connectivity index (χ0) is 19.2. The van der Waals surface area contributed by atoms with Gasteiger partial charge in [-0.3, -0.25) is 4.99 Å². The Morgan fingerprint density at radius 3 is 2.70 bits per heavy atom. The Hall–Kier alpha value is -1.66. The van der Waals surface area contributed by atoms with Gasteiger partial charge >= 0.3 is 0 Å². The molecule has 0 radical (unpaired) electrons. The molecule has 2 fully saturated rings. The molecule has 1 aliphatic heterocycles. The van der Waals surface area contributed by atoms with Gasteiger partial charge in [0, 0.05) is 37.4 Å². The number of nitrogens with two attached hydrogens (primary N) is 1. The van der Waals surface area contributed by atoms with E-state index < -0.39 is 0 Å². The molecular formula is C21H34FN5. The highest BCUT2D eigenvalue weighted by atomic mass is 19.1. The molecule has 1 saturated heterocycles. The molecule has 1 saturated carbocycles. The molecule has 4 unspecified atom stereocenters. The van der Waals surface area contributed by atoms with Crippen LogP contribution in [-0.4, -0.2) is 49.1 Å². The molecule has 2 aliphatic rings. The first kappa shape index (κ1) is 20.1. The molecular weight excluding hydrogens is 341 g/mol. The van der Waals surface area contributed by atoms with E-state index in [1.807, 2.05) is 6.07 Å². The third kappa shape index (κ3) is 5.91. The molecule has 5 nitrogen and oxygen atoms in total. The van der Waals surface area contributed by atoms with Gasteiger partial charge in [-0.25, -0.2) is 4.39 Å². The third-order valence-electron chi connectivity index (χ3n) is 5.66. The average Bonchev–Trinajstić information content (AvgIpc) is 2.64. The predicted molar refractivity (Wildman–Crippen MR) is 110 cm³/mol. The molecule has 1 heterocycles. The van der Waals surface area contributed by atoms with Crippen LogP contribution in [0, 0.1) is 17.7 Å². The van der Waals surface area contributed by atoms with E-state index in [9.17, 15) is 4.39 Å². The van der Waals surface area contributed by atoms with Crippen LogP contribution in [0.1, 0.15) is 39.5 Å². The summed E-state index contributed by atoms with van der Waals surface area (Å²) in [6.45, 7) is 7.75. The van der Waals surface area contributed by atoms with Gasteiger partial charge in [0.05, 0.1) is 0 Å². The van der Waals surface area contributed by atoms with E-state index in [1.54, 1.807) is 6.07 Å². The van der Waals surface area contributed by atoms with Crippen LogP contribution in [0.15, 0.2) is 29.3 Å². The van der Waals surface area contributed by atoms with Crippen LogP contribution in [0.5, 0.6) is 0 Å². The lowest BCUT2D eigenvalue weighted by Crippen LogP contribution is -2.57. The summed E-state index contributed by atoms with van der Waals surface area (Å²) in [5.74, 6) is 1.85. The minimum absolute atomic E-state index is 0.237. The standard InChI is InChI=1S/C21H34FN5/c1-15-13-27(14-16(2)25-15)21(26-20-8-4-7-19(22)10-20)24-12-18-6-3-5-17(9-18)11-23/h4,7-8,10,15-18,25H,3,5-6,9,11-14,23H2,1-2H3,(H,24,26). The molecule has 3 rings (SSSR count). The molecule has 1 aromatic carbocycles. The van der Waals surface area contributed by atoms with Gasteiger partial charge in [0.1, 0.15) is 5.82 Å². The van der Waals surface area contributed by atoms with Crippen LogP contribution in [-0.2, 0) is 0 Å². The number of hydrogen-bond acceptors (Lipinski definition) is 3. The number of hydrogen-bond donors (Lipinski definition) is 3. The number of aliphatic imine (C=N–C) groups is 1. The van der Waals surface area contributed by atoms with Crippen LogP contribution < -0.4 is 16.4 Å². The maximum Gasteiger partial charge on any atom is 0.198 e. The normalized spacial score (nSPS) is 29.6. The van der Waals surface area contributed by atoms with E-state index in [2.05, 4.69) is 29.4 Å². The lowest BCUT2D eigenvalue weighted by Gasteiger charge is -2.38. The molecule has 1 aliphatic carbocycles. The summed E-state index contributed by atoms with van der Waals surface area (Å²) >= 11 is 0. The molecule has 27 heavy (non-hydrogen) atoms. The van der Waals surface area contributed by atoms with Gasteiger partial charge in [0.2, 0.25) is 0 Å². The van der Waals surface area contributed by atoms with Crippen LogP contribution in [0.25, 0.3) is 0 Å². The van der Waals surface area contributed by atoms with Gasteiger partial charge in [-0.2, -0.15) is 0 Å². The van der Waals surface area contributed by atoms with Crippen molar-refractivity contribution in [2.75, 3.05) is 31.5 Å². The van der Waals surface area contributed by atoms with Crippen molar-refractivity contribution in [2.45, 2.75) is 51.6 Å². The van der Waals surface area contributed by atoms with Gasteiger partial charge in [-0.1, -0.05) is 12.5 Å². The van der Waals surface area contributed by atoms with Crippen LogP contribution in [0.3, 0.4) is 0 Å². The molecule has 4 atom stereocenters. The number of nitrogens with zero attached hydrogens (tertiary/aromatic N) is 2. The predicted octanol–water partition coefficient (Wildman–Crippen LogP) is 3.04. The average molecular weight is 376 g/mol. The number of halogens is 1. The Balaban J connectivity index is 1.74. The summed E-state index contributed by atoms with van der Waals surface area (Å²) in [4.78, 5) is 7.27. The van der Waals surface area contributed by atoms with E-state index in [4.69, 9.17) is 10.7 Å². The van der Waals surface area contributed by atoms with E-state index >= 15 is 0 Å². The molecule has 150 valence electrons. The monoisotopic (exact) mass is 375 g/mol. The smallest absolute Gasteiger partial charge is 0.198 e. The molecule has 6 heteroatoms. The fraction of sp³-hybridized carbons (Fsp3) is 0.667. The van der Waals surface area contributed by atoms with Crippen molar-refractivity contribution in [3.05, 3.63) is 30.1 Å². The molecule has 1 aromatic rings. The lowest BCUT2D eigenvalue weighted by molar-refractivity contribution is 0.251. The van der Waals surface area contributed by atoms with Gasteiger partial charge in [0.25, 0.3) is 0 Å². The van der Waals surface area contributed by atoms with Gasteiger partial charge < -0.3 is 21.3 Å². The maximum atomic E-state index is 13.6. The number of rotatable bonds is 4. The lowest BCUT2D eigenvalue weighted by atomic mass is 9.81. The Morgan fingerprint density at radius 1 is 1.26 bits per heavy atom. The second kappa shape index (κ2) is 9.51. The van der Waals surface area contributed by atoms with Gasteiger partial charge in [-0.05, 0) is 69.7 Å². The quantitative estimate of drug-likeness (QED) is 0.559. The highest BCUT2D eigenvalue weighted by molar-refractivity contribution is 5.93. The fourth-order valence-corrected chi connectivity index (χ4v) is 4.41. The first-order valence-corrected chi connectivity index (χ1v) is 10.3. The SMILES string of the molecule is CC1CN(C(=NCC2CCCC(CN)C2)Nc2cccc(F)c2)CC(C)N1. The Morgan fingerprint density at radius 2 is 2.00 bits per heavy atom. The van der Waals surface area contributed by atoms with E-state index in [0.29, 0.717) is 23.9 Å². The van der Waals surface area contributed by atoms with Crippen LogP contribution in [0.2, 0.25) is 0 Å². The Bertz CT molecular complexity index is 625. The van der Waals surface area contributed by atoms with Crippen molar-refractivity contribution in [1.29, 1.82) is 0 Å². The van der Waals surface area contributed by atoms with Crippen molar-refractivity contribution in [2.24, 2.45) is 22.6 Å². The minimum Gasteiger partial charge on any atom is -0.340 e. The summed E-state index contributed by atoms with van der Waals surface area (Å²) in [6.07, 6.45) is 4.89. The van der Waals surface area contributed by atoms with Crippen LogP contribution >= 0.6 is 0 Å². The third-order valence-corrected chi connectivity index (χ3v) is 5.66. The highest BCUT2D eigenvalue weighted by Crippen LogP contribution is 2.28. The largest absolute Gasteiger partial charge is 0.340 e. The van der Waals surface area contributed by atoms with Crippen molar-refractivity contribution in [1.82, 2.24) is 10.2 Å². The second-order valence-corrected chi connectivity index (χ2v) is 8.31. The van der Waals surface area contributed by atoms with Gasteiger partial charge in [-0.15, -0.1) is 0 Å².